The second-order valence-electron chi connectivity index (χ2n) is 5.76. The predicted octanol–water partition coefficient (Wildman–Crippen LogP) is 2.31. The standard InChI is InChI=1S/C19H16N4O3S/c1-27(25,26)23-18-12-14(16-7-2-3-8-17(16)21-18)10-9-13-5-4-6-15(11-13)19(20)22-24/h2-8,11-12,24H,1H3,(H2,20,22)(H,21,23). The zero-order valence-corrected chi connectivity index (χ0v) is 15.1. The van der Waals surface area contributed by atoms with Crippen LogP contribution in [0, 0.1) is 17.3 Å². The summed E-state index contributed by atoms with van der Waals surface area (Å²) in [5.41, 5.74) is 4.17. The monoisotopic (exact) mass is 380 g/mol. The van der Waals surface area contributed by atoms with Crippen LogP contribution in [0.1, 0.15) is 16.7 Å². The van der Waals surface area contributed by atoms with Crippen molar-refractivity contribution in [2.24, 2.45) is 0 Å². The summed E-state index contributed by atoms with van der Waals surface area (Å²) in [7, 11) is -3.46. The van der Waals surface area contributed by atoms with Crippen LogP contribution in [0.2, 0.25) is 0 Å². The Morgan fingerprint density at radius 2 is 1.89 bits per heavy atom. The van der Waals surface area contributed by atoms with Gasteiger partial charge in [-0.3, -0.25) is 20.8 Å². The molecule has 1 aromatic heterocycles. The molecule has 7 nitrogen and oxygen atoms in total. The summed E-state index contributed by atoms with van der Waals surface area (Å²) < 4.78 is 25.4. The second kappa shape index (κ2) is 7.45. The molecule has 0 atom stereocenters. The number of rotatable bonds is 3. The van der Waals surface area contributed by atoms with Gasteiger partial charge in [-0.05, 0) is 24.3 Å². The van der Waals surface area contributed by atoms with Crippen LogP contribution < -0.4 is 10.2 Å². The molecule has 8 heteroatoms. The fraction of sp³-hybridized carbons (Fsp3) is 0.0526. The minimum atomic E-state index is -3.46. The van der Waals surface area contributed by atoms with E-state index in [4.69, 9.17) is 10.6 Å². The minimum absolute atomic E-state index is 0.132. The van der Waals surface area contributed by atoms with Crippen molar-refractivity contribution in [3.8, 4) is 11.8 Å². The van der Waals surface area contributed by atoms with Crippen molar-refractivity contribution in [2.45, 2.75) is 0 Å². The van der Waals surface area contributed by atoms with Crippen molar-refractivity contribution < 1.29 is 13.6 Å². The molecule has 0 bridgehead atoms. The van der Waals surface area contributed by atoms with E-state index < -0.39 is 10.0 Å². The molecule has 0 aliphatic carbocycles. The van der Waals surface area contributed by atoms with Crippen LogP contribution in [0.5, 0.6) is 0 Å². The molecule has 2 aromatic carbocycles. The van der Waals surface area contributed by atoms with Gasteiger partial charge in [-0.2, -0.15) is 0 Å². The summed E-state index contributed by atoms with van der Waals surface area (Å²) in [6.45, 7) is 0. The molecular formula is C19H16N4O3S. The lowest BCUT2D eigenvalue weighted by molar-refractivity contribution is 0.234. The topological polar surface area (TPSA) is 115 Å². The number of fused-ring (bicyclic) bond motifs is 1. The Morgan fingerprint density at radius 3 is 2.63 bits per heavy atom. The molecule has 0 unspecified atom stereocenters. The summed E-state index contributed by atoms with van der Waals surface area (Å²) in [6.07, 6.45) is 1.06. The molecule has 4 N–H and O–H groups in total. The van der Waals surface area contributed by atoms with E-state index in [2.05, 4.69) is 21.5 Å². The molecular weight excluding hydrogens is 364 g/mol. The van der Waals surface area contributed by atoms with E-state index in [0.29, 0.717) is 22.2 Å². The van der Waals surface area contributed by atoms with E-state index in [1.807, 2.05) is 18.2 Å². The minimum Gasteiger partial charge on any atom is -0.290 e. The number of nitrogens with one attached hydrogen (secondary N) is 3. The number of anilines is 1. The highest BCUT2D eigenvalue weighted by Gasteiger charge is 2.08. The van der Waals surface area contributed by atoms with Crippen molar-refractivity contribution in [2.75, 3.05) is 11.0 Å². The first-order chi connectivity index (χ1) is 12.9. The molecule has 27 heavy (non-hydrogen) atoms. The van der Waals surface area contributed by atoms with Crippen molar-refractivity contribution in [3.05, 3.63) is 71.3 Å². The lowest BCUT2D eigenvalue weighted by Crippen LogP contribution is -2.18. The quantitative estimate of drug-likeness (QED) is 0.241. The van der Waals surface area contributed by atoms with Gasteiger partial charge in [0.25, 0.3) is 0 Å². The molecule has 0 aliphatic heterocycles. The number of benzene rings is 2. The first-order valence-corrected chi connectivity index (χ1v) is 9.73. The summed E-state index contributed by atoms with van der Waals surface area (Å²) >= 11 is 0. The SMILES string of the molecule is CS(=O)(=O)Nc1cc(C#Cc2cccc(C(=N)NO)c2)c2ccccc2n1. The van der Waals surface area contributed by atoms with Crippen LogP contribution >= 0.6 is 0 Å². The van der Waals surface area contributed by atoms with Gasteiger partial charge in [0, 0.05) is 22.1 Å². The smallest absolute Gasteiger partial charge is 0.230 e. The van der Waals surface area contributed by atoms with Crippen molar-refractivity contribution in [1.29, 1.82) is 5.41 Å². The molecule has 0 aliphatic rings. The maximum Gasteiger partial charge on any atom is 0.230 e. The van der Waals surface area contributed by atoms with Crippen LogP contribution in [0.25, 0.3) is 10.9 Å². The maximum absolute atomic E-state index is 11.5. The van der Waals surface area contributed by atoms with Crippen LogP contribution in [0.4, 0.5) is 5.82 Å². The summed E-state index contributed by atoms with van der Waals surface area (Å²) in [5.74, 6) is 6.10. The Bertz CT molecular complexity index is 1190. The maximum atomic E-state index is 11.5. The van der Waals surface area contributed by atoms with Crippen LogP contribution in [0.15, 0.2) is 54.6 Å². The number of sulfonamides is 1. The van der Waals surface area contributed by atoms with Gasteiger partial charge < -0.3 is 0 Å². The largest absolute Gasteiger partial charge is 0.290 e. The summed E-state index contributed by atoms with van der Waals surface area (Å²) in [6, 6.07) is 15.7. The third-order valence-corrected chi connectivity index (χ3v) is 4.19. The van der Waals surface area contributed by atoms with Crippen LogP contribution in [-0.4, -0.2) is 30.7 Å². The molecule has 3 aromatic rings. The van der Waals surface area contributed by atoms with Crippen molar-refractivity contribution >= 4 is 32.6 Å². The van der Waals surface area contributed by atoms with E-state index >= 15 is 0 Å². The normalized spacial score (nSPS) is 10.7. The highest BCUT2D eigenvalue weighted by molar-refractivity contribution is 7.92. The number of nitrogens with zero attached hydrogens (tertiary/aromatic N) is 1. The van der Waals surface area contributed by atoms with E-state index in [-0.39, 0.29) is 11.7 Å². The number of amidine groups is 1. The Kier molecular flexibility index (Phi) is 5.07. The van der Waals surface area contributed by atoms with Gasteiger partial charge in [0.05, 0.1) is 11.8 Å². The number of pyridine rings is 1. The summed E-state index contributed by atoms with van der Waals surface area (Å²) in [4.78, 5) is 4.30. The molecule has 0 spiro atoms. The van der Waals surface area contributed by atoms with Crippen LogP contribution in [-0.2, 0) is 10.0 Å². The third-order valence-electron chi connectivity index (χ3n) is 3.61. The second-order valence-corrected chi connectivity index (χ2v) is 7.51. The Balaban J connectivity index is 2.07. The zero-order valence-electron chi connectivity index (χ0n) is 14.3. The number of aromatic nitrogens is 1. The number of para-hydroxylation sites is 1. The highest BCUT2D eigenvalue weighted by atomic mass is 32.2. The van der Waals surface area contributed by atoms with Gasteiger partial charge >= 0.3 is 0 Å². The molecule has 0 amide bonds. The van der Waals surface area contributed by atoms with Crippen LogP contribution in [0.3, 0.4) is 0 Å². The molecule has 0 fully saturated rings. The number of hydrogen-bond acceptors (Lipinski definition) is 5. The molecule has 136 valence electrons. The van der Waals surface area contributed by atoms with Gasteiger partial charge in [-0.15, -0.1) is 0 Å². The fourth-order valence-electron chi connectivity index (χ4n) is 2.48. The fourth-order valence-corrected chi connectivity index (χ4v) is 2.96. The molecule has 1 heterocycles. The Hall–Kier alpha value is -3.41. The van der Waals surface area contributed by atoms with E-state index in [0.717, 1.165) is 11.6 Å². The van der Waals surface area contributed by atoms with Gasteiger partial charge in [-0.1, -0.05) is 42.2 Å². The Labute approximate surface area is 156 Å². The van der Waals surface area contributed by atoms with Gasteiger partial charge in [0.15, 0.2) is 0 Å². The number of hydrogen-bond donors (Lipinski definition) is 4. The Morgan fingerprint density at radius 1 is 1.11 bits per heavy atom. The predicted molar refractivity (Wildman–Crippen MR) is 104 cm³/mol. The van der Waals surface area contributed by atoms with Crippen molar-refractivity contribution in [3.63, 3.8) is 0 Å². The van der Waals surface area contributed by atoms with E-state index in [1.54, 1.807) is 41.9 Å². The van der Waals surface area contributed by atoms with Gasteiger partial charge in [0.1, 0.15) is 11.7 Å². The molecule has 0 saturated heterocycles. The van der Waals surface area contributed by atoms with Gasteiger partial charge in [-0.25, -0.2) is 13.4 Å². The number of hydroxylamine groups is 1. The average molecular weight is 380 g/mol. The first-order valence-electron chi connectivity index (χ1n) is 7.84. The molecule has 3 rings (SSSR count). The average Bonchev–Trinajstić information content (AvgIpc) is 2.64. The van der Waals surface area contributed by atoms with E-state index in [9.17, 15) is 8.42 Å². The van der Waals surface area contributed by atoms with Crippen molar-refractivity contribution in [1.82, 2.24) is 10.5 Å². The first kappa shape index (κ1) is 18.4. The molecule has 0 radical (unpaired) electrons. The lowest BCUT2D eigenvalue weighted by atomic mass is 10.1. The zero-order chi connectivity index (χ0) is 19.4. The lowest BCUT2D eigenvalue weighted by Gasteiger charge is -2.07. The van der Waals surface area contributed by atoms with E-state index in [1.165, 1.54) is 0 Å². The molecule has 0 saturated carbocycles. The highest BCUT2D eigenvalue weighted by Crippen LogP contribution is 2.20. The third kappa shape index (κ3) is 4.61. The summed E-state index contributed by atoms with van der Waals surface area (Å²) in [5, 5.41) is 17.3. The van der Waals surface area contributed by atoms with Gasteiger partial charge in [0.2, 0.25) is 10.0 Å².